The Labute approximate surface area is 130 Å². The summed E-state index contributed by atoms with van der Waals surface area (Å²) in [7, 11) is -1.92. The Hall–Kier alpha value is -2.09. The first-order valence-corrected chi connectivity index (χ1v) is 8.48. The minimum absolute atomic E-state index is 0.00366. The molecule has 0 aliphatic rings. The van der Waals surface area contributed by atoms with Gasteiger partial charge in [-0.1, -0.05) is 13.0 Å². The summed E-state index contributed by atoms with van der Waals surface area (Å²) in [6, 6.07) is 6.12. The van der Waals surface area contributed by atoms with Gasteiger partial charge in [-0.2, -0.15) is 0 Å². The van der Waals surface area contributed by atoms with Gasteiger partial charge >= 0.3 is 5.97 Å². The van der Waals surface area contributed by atoms with Crippen molar-refractivity contribution in [3.8, 4) is 0 Å². The minimum atomic E-state index is -3.42. The second-order valence-corrected chi connectivity index (χ2v) is 6.71. The van der Waals surface area contributed by atoms with Gasteiger partial charge in [0.25, 0.3) is 5.91 Å². The van der Waals surface area contributed by atoms with Gasteiger partial charge in [-0.05, 0) is 24.6 Å². The zero-order chi connectivity index (χ0) is 16.8. The van der Waals surface area contributed by atoms with Crippen molar-refractivity contribution in [3.63, 3.8) is 0 Å². The van der Waals surface area contributed by atoms with Crippen LogP contribution in [0.4, 0.5) is 5.69 Å². The molecule has 0 bridgehead atoms. The van der Waals surface area contributed by atoms with Crippen molar-refractivity contribution in [1.29, 1.82) is 0 Å². The fourth-order valence-corrected chi connectivity index (χ4v) is 2.93. The van der Waals surface area contributed by atoms with Crippen LogP contribution in [0.3, 0.4) is 0 Å². The van der Waals surface area contributed by atoms with Crippen molar-refractivity contribution in [1.82, 2.24) is 4.90 Å². The van der Waals surface area contributed by atoms with Gasteiger partial charge in [0.1, 0.15) is 0 Å². The van der Waals surface area contributed by atoms with Gasteiger partial charge in [-0.15, -0.1) is 0 Å². The number of carboxylic acid groups (broad SMARTS) is 1. The molecule has 0 spiro atoms. The number of carboxylic acids is 1. The number of anilines is 1. The van der Waals surface area contributed by atoms with Crippen molar-refractivity contribution in [2.24, 2.45) is 0 Å². The van der Waals surface area contributed by atoms with E-state index in [0.717, 1.165) is 0 Å². The van der Waals surface area contributed by atoms with Gasteiger partial charge < -0.3 is 10.0 Å². The Kier molecular flexibility index (Phi) is 6.36. The molecular formula is C14H20N2O5S. The lowest BCUT2D eigenvalue weighted by atomic mass is 10.2. The highest BCUT2D eigenvalue weighted by Gasteiger charge is 2.14. The number of rotatable bonds is 8. The minimum Gasteiger partial charge on any atom is -0.481 e. The fraction of sp³-hybridized carbons (Fsp3) is 0.429. The zero-order valence-electron chi connectivity index (χ0n) is 12.6. The number of carbonyl (C=O) groups is 2. The predicted octanol–water partition coefficient (Wildman–Crippen LogP) is 1.39. The molecular weight excluding hydrogens is 308 g/mol. The molecule has 0 fully saturated rings. The van der Waals surface area contributed by atoms with Crippen LogP contribution >= 0.6 is 0 Å². The van der Waals surface area contributed by atoms with Crippen LogP contribution in [0.5, 0.6) is 0 Å². The average molecular weight is 328 g/mol. The van der Waals surface area contributed by atoms with E-state index in [-0.39, 0.29) is 24.6 Å². The van der Waals surface area contributed by atoms with E-state index in [2.05, 4.69) is 4.72 Å². The highest BCUT2D eigenvalue weighted by Crippen LogP contribution is 2.14. The monoisotopic (exact) mass is 328 g/mol. The standard InChI is InChI=1S/C14H20N2O5S/c1-3-9-22(20,21)15-12-6-4-5-11(10-12)14(19)16(2)8-7-13(17)18/h4-6,10,15H,3,7-9H2,1-2H3,(H,17,18). The maximum Gasteiger partial charge on any atom is 0.305 e. The molecule has 0 atom stereocenters. The lowest BCUT2D eigenvalue weighted by Gasteiger charge is -2.16. The summed E-state index contributed by atoms with van der Waals surface area (Å²) in [6.45, 7) is 1.84. The summed E-state index contributed by atoms with van der Waals surface area (Å²) in [6.07, 6.45) is 0.344. The topological polar surface area (TPSA) is 104 Å². The van der Waals surface area contributed by atoms with Gasteiger partial charge in [-0.3, -0.25) is 14.3 Å². The van der Waals surface area contributed by atoms with Crippen LogP contribution in [-0.2, 0) is 14.8 Å². The number of amides is 1. The molecule has 0 aliphatic heterocycles. The summed E-state index contributed by atoms with van der Waals surface area (Å²) < 4.78 is 25.9. The molecule has 1 aromatic carbocycles. The van der Waals surface area contributed by atoms with E-state index in [0.29, 0.717) is 17.7 Å². The number of sulfonamides is 1. The number of hydrogen-bond acceptors (Lipinski definition) is 4. The van der Waals surface area contributed by atoms with Crippen molar-refractivity contribution < 1.29 is 23.1 Å². The Bertz CT molecular complexity index is 642. The summed E-state index contributed by atoms with van der Waals surface area (Å²) in [5.74, 6) is -1.34. The Balaban J connectivity index is 2.83. The van der Waals surface area contributed by atoms with Crippen molar-refractivity contribution >= 4 is 27.6 Å². The molecule has 0 saturated carbocycles. The van der Waals surface area contributed by atoms with Crippen LogP contribution < -0.4 is 4.72 Å². The van der Waals surface area contributed by atoms with Crippen molar-refractivity contribution in [2.45, 2.75) is 19.8 Å². The van der Waals surface area contributed by atoms with E-state index in [4.69, 9.17) is 5.11 Å². The maximum atomic E-state index is 12.2. The van der Waals surface area contributed by atoms with Gasteiger partial charge in [-0.25, -0.2) is 8.42 Å². The Morgan fingerprint density at radius 2 is 2.00 bits per heavy atom. The largest absolute Gasteiger partial charge is 0.481 e. The first-order chi connectivity index (χ1) is 10.2. The molecule has 7 nitrogen and oxygen atoms in total. The predicted molar refractivity (Wildman–Crippen MR) is 83.4 cm³/mol. The van der Waals surface area contributed by atoms with E-state index >= 15 is 0 Å². The second kappa shape index (κ2) is 7.79. The molecule has 1 aromatic rings. The third-order valence-corrected chi connectivity index (χ3v) is 4.36. The normalized spacial score (nSPS) is 11.0. The number of benzene rings is 1. The molecule has 0 aromatic heterocycles. The number of hydrogen-bond donors (Lipinski definition) is 2. The summed E-state index contributed by atoms with van der Waals surface area (Å²) in [5.41, 5.74) is 0.607. The lowest BCUT2D eigenvalue weighted by Crippen LogP contribution is -2.29. The first-order valence-electron chi connectivity index (χ1n) is 6.83. The molecule has 1 amide bonds. The Morgan fingerprint density at radius 1 is 1.32 bits per heavy atom. The van der Waals surface area contributed by atoms with Crippen LogP contribution in [0.1, 0.15) is 30.1 Å². The third kappa shape index (κ3) is 5.72. The summed E-state index contributed by atoms with van der Waals surface area (Å²) in [5, 5.41) is 8.62. The average Bonchev–Trinajstić information content (AvgIpc) is 2.43. The summed E-state index contributed by atoms with van der Waals surface area (Å²) in [4.78, 5) is 24.0. The van der Waals surface area contributed by atoms with E-state index in [9.17, 15) is 18.0 Å². The van der Waals surface area contributed by atoms with E-state index in [1.807, 2.05) is 0 Å². The molecule has 8 heteroatoms. The van der Waals surface area contributed by atoms with Crippen LogP contribution in [0.25, 0.3) is 0 Å². The highest BCUT2D eigenvalue weighted by molar-refractivity contribution is 7.92. The molecule has 122 valence electrons. The number of nitrogens with one attached hydrogen (secondary N) is 1. The number of nitrogens with zero attached hydrogens (tertiary/aromatic N) is 1. The molecule has 0 unspecified atom stereocenters. The van der Waals surface area contributed by atoms with E-state index < -0.39 is 16.0 Å². The maximum absolute atomic E-state index is 12.2. The quantitative estimate of drug-likeness (QED) is 0.750. The molecule has 0 radical (unpaired) electrons. The van der Waals surface area contributed by atoms with Crippen molar-refractivity contribution in [3.05, 3.63) is 29.8 Å². The van der Waals surface area contributed by atoms with Gasteiger partial charge in [0.15, 0.2) is 0 Å². The van der Waals surface area contributed by atoms with Gasteiger partial charge in [0.2, 0.25) is 10.0 Å². The van der Waals surface area contributed by atoms with Crippen LogP contribution in [0.2, 0.25) is 0 Å². The fourth-order valence-electron chi connectivity index (χ4n) is 1.80. The van der Waals surface area contributed by atoms with Crippen molar-refractivity contribution in [2.75, 3.05) is 24.1 Å². The van der Waals surface area contributed by atoms with Crippen LogP contribution in [0, 0.1) is 0 Å². The second-order valence-electron chi connectivity index (χ2n) is 4.87. The molecule has 22 heavy (non-hydrogen) atoms. The van der Waals surface area contributed by atoms with E-state index in [1.165, 1.54) is 18.0 Å². The lowest BCUT2D eigenvalue weighted by molar-refractivity contribution is -0.137. The SMILES string of the molecule is CCCS(=O)(=O)Nc1cccc(C(=O)N(C)CCC(=O)O)c1. The zero-order valence-corrected chi connectivity index (χ0v) is 13.4. The first kappa shape index (κ1) is 18.0. The number of carbonyl (C=O) groups excluding carboxylic acids is 1. The Morgan fingerprint density at radius 3 is 2.59 bits per heavy atom. The van der Waals surface area contributed by atoms with Gasteiger partial charge in [0.05, 0.1) is 12.2 Å². The summed E-state index contributed by atoms with van der Waals surface area (Å²) >= 11 is 0. The molecule has 0 heterocycles. The highest BCUT2D eigenvalue weighted by atomic mass is 32.2. The third-order valence-electron chi connectivity index (χ3n) is 2.86. The van der Waals surface area contributed by atoms with Gasteiger partial charge in [0, 0.05) is 24.8 Å². The van der Waals surface area contributed by atoms with Crippen LogP contribution in [0.15, 0.2) is 24.3 Å². The molecule has 1 rings (SSSR count). The molecule has 2 N–H and O–H groups in total. The smallest absolute Gasteiger partial charge is 0.305 e. The van der Waals surface area contributed by atoms with Crippen LogP contribution in [-0.4, -0.2) is 49.6 Å². The van der Waals surface area contributed by atoms with E-state index in [1.54, 1.807) is 25.1 Å². The molecule has 0 aliphatic carbocycles. The molecule has 0 saturated heterocycles. The number of aliphatic carboxylic acids is 1.